The van der Waals surface area contributed by atoms with Gasteiger partial charge in [-0.25, -0.2) is 0 Å². The number of halogens is 1. The number of nitrogens with one attached hydrogen (secondary N) is 2. The third kappa shape index (κ3) is 3.81. The standard InChI is InChI=1S/C22H23N3O2.ClH/c1-2-15-7-9-16(10-8-15)20-14-23-11-12-25(20)22(27)18-13-17-5-3-4-6-19(17)24-21(18)26;/h3-10,13,20,23H,2,11-12,14H2,1H3,(H,24,26);1H. The molecule has 1 fully saturated rings. The number of amides is 1. The number of fused-ring (bicyclic) bond motifs is 1. The molecule has 0 radical (unpaired) electrons. The fourth-order valence-corrected chi connectivity index (χ4v) is 3.68. The zero-order chi connectivity index (χ0) is 18.8. The Bertz CT molecular complexity index is 1030. The summed E-state index contributed by atoms with van der Waals surface area (Å²) in [5.41, 5.74) is 2.96. The van der Waals surface area contributed by atoms with E-state index in [0.717, 1.165) is 29.4 Å². The minimum atomic E-state index is -0.336. The molecule has 2 aromatic carbocycles. The van der Waals surface area contributed by atoms with Gasteiger partial charge in [-0.1, -0.05) is 49.4 Å². The third-order valence-electron chi connectivity index (χ3n) is 5.26. The minimum absolute atomic E-state index is 0. The summed E-state index contributed by atoms with van der Waals surface area (Å²) in [6.07, 6.45) is 0.984. The number of piperazine rings is 1. The molecule has 4 rings (SSSR count). The minimum Gasteiger partial charge on any atom is -0.329 e. The highest BCUT2D eigenvalue weighted by Crippen LogP contribution is 2.24. The van der Waals surface area contributed by atoms with E-state index in [1.807, 2.05) is 29.2 Å². The van der Waals surface area contributed by atoms with Crippen LogP contribution in [0.1, 0.15) is 34.5 Å². The Morgan fingerprint density at radius 1 is 1.14 bits per heavy atom. The van der Waals surface area contributed by atoms with Crippen LogP contribution in [0.2, 0.25) is 0 Å². The number of aryl methyl sites for hydroxylation is 1. The first-order valence-corrected chi connectivity index (χ1v) is 9.40. The first-order valence-electron chi connectivity index (χ1n) is 9.40. The molecule has 6 heteroatoms. The lowest BCUT2D eigenvalue weighted by molar-refractivity contribution is 0.0632. The van der Waals surface area contributed by atoms with Crippen molar-refractivity contribution >= 4 is 29.2 Å². The van der Waals surface area contributed by atoms with Crippen LogP contribution in [0.3, 0.4) is 0 Å². The van der Waals surface area contributed by atoms with Gasteiger partial charge in [0, 0.05) is 25.2 Å². The van der Waals surface area contributed by atoms with Crippen LogP contribution in [0.15, 0.2) is 59.4 Å². The van der Waals surface area contributed by atoms with Crippen molar-refractivity contribution in [2.75, 3.05) is 19.6 Å². The molecule has 2 heterocycles. The van der Waals surface area contributed by atoms with Crippen LogP contribution in [0, 0.1) is 0 Å². The second-order valence-corrected chi connectivity index (χ2v) is 6.91. The lowest BCUT2D eigenvalue weighted by Gasteiger charge is -2.36. The molecule has 1 aliphatic heterocycles. The molecule has 2 N–H and O–H groups in total. The number of benzene rings is 2. The predicted octanol–water partition coefficient (Wildman–Crippen LogP) is 3.30. The maximum absolute atomic E-state index is 13.2. The van der Waals surface area contributed by atoms with E-state index in [1.54, 1.807) is 6.07 Å². The maximum atomic E-state index is 13.2. The van der Waals surface area contributed by atoms with Crippen LogP contribution < -0.4 is 10.9 Å². The highest BCUT2D eigenvalue weighted by molar-refractivity contribution is 5.97. The molecule has 0 saturated carbocycles. The SMILES string of the molecule is CCc1ccc(C2CNCCN2C(=O)c2cc3ccccc3[nH]c2=O)cc1.Cl. The molecule has 0 bridgehead atoms. The number of rotatable bonds is 3. The molecule has 3 aromatic rings. The zero-order valence-corrected chi connectivity index (χ0v) is 16.6. The molecular formula is C22H24ClN3O2. The molecule has 1 aromatic heterocycles. The van der Waals surface area contributed by atoms with Gasteiger partial charge in [0.2, 0.25) is 0 Å². The van der Waals surface area contributed by atoms with Gasteiger partial charge < -0.3 is 15.2 Å². The predicted molar refractivity (Wildman–Crippen MR) is 114 cm³/mol. The molecule has 1 saturated heterocycles. The average Bonchev–Trinajstić information content (AvgIpc) is 2.73. The van der Waals surface area contributed by atoms with E-state index in [9.17, 15) is 9.59 Å². The molecule has 146 valence electrons. The van der Waals surface area contributed by atoms with Crippen LogP contribution in [0.25, 0.3) is 10.9 Å². The molecule has 1 aliphatic rings. The summed E-state index contributed by atoms with van der Waals surface area (Å²) in [5.74, 6) is -0.215. The van der Waals surface area contributed by atoms with Crippen LogP contribution in [0.5, 0.6) is 0 Å². The fraction of sp³-hybridized carbons (Fsp3) is 0.273. The van der Waals surface area contributed by atoms with E-state index in [4.69, 9.17) is 0 Å². The second kappa shape index (κ2) is 8.59. The Balaban J connectivity index is 0.00000225. The molecular weight excluding hydrogens is 374 g/mol. The molecule has 1 atom stereocenters. The van der Waals surface area contributed by atoms with E-state index >= 15 is 0 Å². The average molecular weight is 398 g/mol. The molecule has 0 spiro atoms. The van der Waals surface area contributed by atoms with Crippen LogP contribution in [-0.4, -0.2) is 35.4 Å². The number of pyridine rings is 1. The molecule has 1 unspecified atom stereocenters. The highest BCUT2D eigenvalue weighted by Gasteiger charge is 2.30. The fourth-order valence-electron chi connectivity index (χ4n) is 3.68. The van der Waals surface area contributed by atoms with Gasteiger partial charge >= 0.3 is 0 Å². The summed E-state index contributed by atoms with van der Waals surface area (Å²) in [7, 11) is 0. The highest BCUT2D eigenvalue weighted by atomic mass is 35.5. The van der Waals surface area contributed by atoms with Gasteiger partial charge in [-0.15, -0.1) is 12.4 Å². The Morgan fingerprint density at radius 2 is 1.89 bits per heavy atom. The third-order valence-corrected chi connectivity index (χ3v) is 5.26. The summed E-state index contributed by atoms with van der Waals surface area (Å²) in [5, 5.41) is 4.22. The lowest BCUT2D eigenvalue weighted by atomic mass is 10.00. The van der Waals surface area contributed by atoms with Gasteiger partial charge in [-0.05, 0) is 35.1 Å². The Hall–Kier alpha value is -2.63. The topological polar surface area (TPSA) is 65.2 Å². The number of hydrogen-bond acceptors (Lipinski definition) is 3. The summed E-state index contributed by atoms with van der Waals surface area (Å²) >= 11 is 0. The lowest BCUT2D eigenvalue weighted by Crippen LogP contribution is -2.49. The summed E-state index contributed by atoms with van der Waals surface area (Å²) < 4.78 is 0. The summed E-state index contributed by atoms with van der Waals surface area (Å²) in [6.45, 7) is 4.10. The van der Waals surface area contributed by atoms with Gasteiger partial charge in [0.15, 0.2) is 0 Å². The van der Waals surface area contributed by atoms with Crippen molar-refractivity contribution in [3.63, 3.8) is 0 Å². The Kier molecular flexibility index (Phi) is 6.17. The Morgan fingerprint density at radius 3 is 2.64 bits per heavy atom. The van der Waals surface area contributed by atoms with Crippen molar-refractivity contribution in [1.29, 1.82) is 0 Å². The smallest absolute Gasteiger partial charge is 0.261 e. The number of para-hydroxylation sites is 1. The van der Waals surface area contributed by atoms with E-state index < -0.39 is 0 Å². The quantitative estimate of drug-likeness (QED) is 0.712. The molecule has 0 aliphatic carbocycles. The van der Waals surface area contributed by atoms with Crippen molar-refractivity contribution in [1.82, 2.24) is 15.2 Å². The summed E-state index contributed by atoms with van der Waals surface area (Å²) in [4.78, 5) is 30.4. The van der Waals surface area contributed by atoms with Gasteiger partial charge in [-0.3, -0.25) is 9.59 Å². The number of carbonyl (C=O) groups is 1. The van der Waals surface area contributed by atoms with Crippen molar-refractivity contribution in [3.8, 4) is 0 Å². The summed E-state index contributed by atoms with van der Waals surface area (Å²) in [6, 6.07) is 17.5. The van der Waals surface area contributed by atoms with E-state index in [-0.39, 0.29) is 35.5 Å². The number of carbonyl (C=O) groups excluding carboxylic acids is 1. The number of aromatic nitrogens is 1. The van der Waals surface area contributed by atoms with Crippen molar-refractivity contribution in [3.05, 3.63) is 81.6 Å². The van der Waals surface area contributed by atoms with Crippen LogP contribution in [-0.2, 0) is 6.42 Å². The molecule has 5 nitrogen and oxygen atoms in total. The molecule has 1 amide bonds. The normalized spacial score (nSPS) is 16.6. The second-order valence-electron chi connectivity index (χ2n) is 6.91. The first-order chi connectivity index (χ1) is 13.2. The zero-order valence-electron chi connectivity index (χ0n) is 15.8. The maximum Gasteiger partial charge on any atom is 0.261 e. The van der Waals surface area contributed by atoms with Crippen molar-refractivity contribution < 1.29 is 4.79 Å². The Labute approximate surface area is 170 Å². The van der Waals surface area contributed by atoms with Crippen LogP contribution >= 0.6 is 12.4 Å². The van der Waals surface area contributed by atoms with E-state index in [1.165, 1.54) is 5.56 Å². The number of aromatic amines is 1. The van der Waals surface area contributed by atoms with Gasteiger partial charge in [0.1, 0.15) is 5.56 Å². The van der Waals surface area contributed by atoms with Crippen molar-refractivity contribution in [2.24, 2.45) is 0 Å². The number of nitrogens with zero attached hydrogens (tertiary/aromatic N) is 1. The van der Waals surface area contributed by atoms with Gasteiger partial charge in [0.05, 0.1) is 6.04 Å². The van der Waals surface area contributed by atoms with Crippen molar-refractivity contribution in [2.45, 2.75) is 19.4 Å². The number of hydrogen-bond donors (Lipinski definition) is 2. The molecule has 28 heavy (non-hydrogen) atoms. The van der Waals surface area contributed by atoms with Crippen LogP contribution in [0.4, 0.5) is 0 Å². The first kappa shape index (κ1) is 20.1. The van der Waals surface area contributed by atoms with E-state index in [0.29, 0.717) is 13.1 Å². The van der Waals surface area contributed by atoms with E-state index in [2.05, 4.69) is 41.5 Å². The largest absolute Gasteiger partial charge is 0.329 e. The van der Waals surface area contributed by atoms with Gasteiger partial charge in [-0.2, -0.15) is 0 Å². The number of H-pyrrole nitrogens is 1. The van der Waals surface area contributed by atoms with Gasteiger partial charge in [0.25, 0.3) is 11.5 Å². The monoisotopic (exact) mass is 397 g/mol.